The van der Waals surface area contributed by atoms with Gasteiger partial charge in [-0.2, -0.15) is 0 Å². The predicted molar refractivity (Wildman–Crippen MR) is 108 cm³/mol. The number of piperidine rings is 1. The van der Waals surface area contributed by atoms with Gasteiger partial charge in [0.2, 0.25) is 5.91 Å². The van der Waals surface area contributed by atoms with E-state index in [0.717, 1.165) is 39.9 Å². The van der Waals surface area contributed by atoms with Gasteiger partial charge in [0.05, 0.1) is 5.75 Å². The first kappa shape index (κ1) is 17.4. The molecule has 0 atom stereocenters. The Hall–Kier alpha value is -1.98. The zero-order valence-electron chi connectivity index (χ0n) is 14.9. The van der Waals surface area contributed by atoms with Crippen LogP contribution in [0.15, 0.2) is 51.8 Å². The van der Waals surface area contributed by atoms with Crippen LogP contribution in [0.1, 0.15) is 19.3 Å². The summed E-state index contributed by atoms with van der Waals surface area (Å²) in [6.45, 7) is 4.04. The summed E-state index contributed by atoms with van der Waals surface area (Å²) in [5.74, 6) is 0.547. The highest BCUT2D eigenvalue weighted by atomic mass is 32.2. The van der Waals surface area contributed by atoms with E-state index >= 15 is 0 Å². The Kier molecular flexibility index (Phi) is 5.46. The van der Waals surface area contributed by atoms with Crippen molar-refractivity contribution in [3.05, 3.63) is 42.5 Å². The van der Waals surface area contributed by atoms with Gasteiger partial charge in [0, 0.05) is 28.8 Å². The molecule has 1 amide bonds. The monoisotopic (exact) mass is 368 g/mol. The number of benzene rings is 2. The molecule has 0 unspecified atom stereocenters. The predicted octanol–water partition coefficient (Wildman–Crippen LogP) is 4.28. The minimum absolute atomic E-state index is 0.101. The fraction of sp³-hybridized carbons (Fsp3) is 0.381. The molecule has 1 saturated heterocycles. The van der Waals surface area contributed by atoms with Crippen molar-refractivity contribution in [2.75, 3.05) is 31.9 Å². The molecule has 136 valence electrons. The number of furan rings is 1. The highest BCUT2D eigenvalue weighted by molar-refractivity contribution is 8.00. The third-order valence-electron chi connectivity index (χ3n) is 4.92. The number of rotatable bonds is 6. The van der Waals surface area contributed by atoms with Crippen molar-refractivity contribution < 1.29 is 9.21 Å². The van der Waals surface area contributed by atoms with E-state index in [1.54, 1.807) is 11.8 Å². The number of hydrogen-bond donors (Lipinski definition) is 1. The number of carbonyl (C=O) groups is 1. The fourth-order valence-electron chi connectivity index (χ4n) is 3.53. The van der Waals surface area contributed by atoms with Crippen LogP contribution in [0.25, 0.3) is 21.9 Å². The van der Waals surface area contributed by atoms with Gasteiger partial charge < -0.3 is 14.6 Å². The molecule has 1 aliphatic heterocycles. The van der Waals surface area contributed by atoms with Crippen LogP contribution < -0.4 is 5.32 Å². The summed E-state index contributed by atoms with van der Waals surface area (Å²) < 4.78 is 5.85. The van der Waals surface area contributed by atoms with Gasteiger partial charge in [0.15, 0.2) is 0 Å². The molecule has 26 heavy (non-hydrogen) atoms. The quantitative estimate of drug-likeness (QED) is 0.660. The van der Waals surface area contributed by atoms with Crippen molar-refractivity contribution in [2.45, 2.75) is 24.2 Å². The number of thioether (sulfide) groups is 1. The van der Waals surface area contributed by atoms with Crippen molar-refractivity contribution in [3.63, 3.8) is 0 Å². The van der Waals surface area contributed by atoms with Crippen LogP contribution in [0.4, 0.5) is 0 Å². The van der Waals surface area contributed by atoms with Crippen LogP contribution in [0.5, 0.6) is 0 Å². The minimum atomic E-state index is 0.101. The molecule has 0 bridgehead atoms. The summed E-state index contributed by atoms with van der Waals surface area (Å²) in [5.41, 5.74) is 1.79. The molecule has 1 aliphatic rings. The van der Waals surface area contributed by atoms with Gasteiger partial charge in [-0.25, -0.2) is 0 Å². The second-order valence-electron chi connectivity index (χ2n) is 6.80. The molecule has 4 rings (SSSR count). The first-order valence-electron chi connectivity index (χ1n) is 9.33. The van der Waals surface area contributed by atoms with Gasteiger partial charge in [-0.1, -0.05) is 24.6 Å². The summed E-state index contributed by atoms with van der Waals surface area (Å²) in [5, 5.41) is 5.27. The van der Waals surface area contributed by atoms with Crippen LogP contribution >= 0.6 is 11.8 Å². The molecule has 4 nitrogen and oxygen atoms in total. The Morgan fingerprint density at radius 3 is 2.73 bits per heavy atom. The summed E-state index contributed by atoms with van der Waals surface area (Å²) in [6, 6.07) is 14.2. The van der Waals surface area contributed by atoms with Gasteiger partial charge in [-0.3, -0.25) is 4.79 Å². The highest BCUT2D eigenvalue weighted by Gasteiger charge is 2.11. The second kappa shape index (κ2) is 8.14. The number of nitrogens with one attached hydrogen (secondary N) is 1. The van der Waals surface area contributed by atoms with Crippen molar-refractivity contribution >= 4 is 39.6 Å². The fourth-order valence-corrected chi connectivity index (χ4v) is 4.30. The van der Waals surface area contributed by atoms with Gasteiger partial charge in [-0.15, -0.1) is 11.8 Å². The molecule has 2 heterocycles. The second-order valence-corrected chi connectivity index (χ2v) is 7.85. The topological polar surface area (TPSA) is 45.5 Å². The Morgan fingerprint density at radius 1 is 1.04 bits per heavy atom. The number of nitrogens with zero attached hydrogens (tertiary/aromatic N) is 1. The number of hydrogen-bond acceptors (Lipinski definition) is 4. The molecule has 0 radical (unpaired) electrons. The summed E-state index contributed by atoms with van der Waals surface area (Å²) in [6.07, 6.45) is 3.92. The van der Waals surface area contributed by atoms with Crippen molar-refractivity contribution in [1.29, 1.82) is 0 Å². The maximum Gasteiger partial charge on any atom is 0.230 e. The molecular weight excluding hydrogens is 344 g/mol. The van der Waals surface area contributed by atoms with E-state index in [4.69, 9.17) is 4.42 Å². The molecule has 1 fully saturated rings. The Labute approximate surface area is 157 Å². The van der Waals surface area contributed by atoms with Gasteiger partial charge >= 0.3 is 0 Å². The lowest BCUT2D eigenvalue weighted by Gasteiger charge is -2.26. The first-order valence-corrected chi connectivity index (χ1v) is 10.3. The summed E-state index contributed by atoms with van der Waals surface area (Å²) in [4.78, 5) is 15.6. The van der Waals surface area contributed by atoms with Crippen molar-refractivity contribution in [2.24, 2.45) is 0 Å². The zero-order chi connectivity index (χ0) is 17.8. The smallest absolute Gasteiger partial charge is 0.230 e. The molecule has 1 N–H and O–H groups in total. The van der Waals surface area contributed by atoms with Crippen LogP contribution in [0.3, 0.4) is 0 Å². The van der Waals surface area contributed by atoms with Crippen molar-refractivity contribution in [3.8, 4) is 0 Å². The van der Waals surface area contributed by atoms with Crippen molar-refractivity contribution in [1.82, 2.24) is 10.2 Å². The summed E-state index contributed by atoms with van der Waals surface area (Å²) in [7, 11) is 0. The van der Waals surface area contributed by atoms with Crippen LogP contribution in [-0.4, -0.2) is 42.7 Å². The molecule has 5 heteroatoms. The van der Waals surface area contributed by atoms with E-state index < -0.39 is 0 Å². The average molecular weight is 369 g/mol. The lowest BCUT2D eigenvalue weighted by molar-refractivity contribution is -0.118. The Bertz CT molecular complexity index is 899. The molecule has 1 aromatic heterocycles. The number of carbonyl (C=O) groups excluding carboxylic acids is 1. The third-order valence-corrected chi connectivity index (χ3v) is 5.91. The molecular formula is C21H24N2O2S. The average Bonchev–Trinajstić information content (AvgIpc) is 3.05. The number of para-hydroxylation sites is 1. The van der Waals surface area contributed by atoms with Crippen LogP contribution in [0.2, 0.25) is 0 Å². The Morgan fingerprint density at radius 2 is 1.85 bits per heavy atom. The lowest BCUT2D eigenvalue weighted by Crippen LogP contribution is -2.38. The Balaban J connectivity index is 1.31. The lowest BCUT2D eigenvalue weighted by atomic mass is 10.1. The molecule has 2 aromatic carbocycles. The van der Waals surface area contributed by atoms with Gasteiger partial charge in [0.1, 0.15) is 11.2 Å². The van der Waals surface area contributed by atoms with Gasteiger partial charge in [0.25, 0.3) is 0 Å². The molecule has 0 aliphatic carbocycles. The van der Waals surface area contributed by atoms with Crippen LogP contribution in [-0.2, 0) is 4.79 Å². The normalized spacial score (nSPS) is 15.5. The maximum atomic E-state index is 12.1. The van der Waals surface area contributed by atoms with E-state index in [1.807, 2.05) is 30.3 Å². The largest absolute Gasteiger partial charge is 0.456 e. The molecule has 3 aromatic rings. The standard InChI is InChI=1S/C21H24N2O2S/c24-21(22-10-13-23-11-4-1-5-12-23)15-26-16-8-9-20-18(14-16)17-6-2-3-7-19(17)25-20/h2-3,6-9,14H,1,4-5,10-13,15H2,(H,22,24). The SMILES string of the molecule is O=C(CSc1ccc2oc3ccccc3c2c1)NCCN1CCCCC1. The van der Waals surface area contributed by atoms with Gasteiger partial charge in [-0.05, 0) is 50.2 Å². The molecule has 0 saturated carbocycles. The summed E-state index contributed by atoms with van der Waals surface area (Å²) >= 11 is 1.57. The number of amides is 1. The van der Waals surface area contributed by atoms with E-state index in [9.17, 15) is 4.79 Å². The van der Waals surface area contributed by atoms with Crippen LogP contribution in [0, 0.1) is 0 Å². The molecule has 0 spiro atoms. The number of likely N-dealkylation sites (tertiary alicyclic amines) is 1. The minimum Gasteiger partial charge on any atom is -0.456 e. The number of fused-ring (bicyclic) bond motifs is 3. The maximum absolute atomic E-state index is 12.1. The first-order chi connectivity index (χ1) is 12.8. The van der Waals surface area contributed by atoms with E-state index in [2.05, 4.69) is 22.3 Å². The highest BCUT2D eigenvalue weighted by Crippen LogP contribution is 2.31. The van der Waals surface area contributed by atoms with E-state index in [-0.39, 0.29) is 5.91 Å². The third kappa shape index (κ3) is 4.05. The van der Waals surface area contributed by atoms with E-state index in [1.165, 1.54) is 32.4 Å². The zero-order valence-corrected chi connectivity index (χ0v) is 15.7. The van der Waals surface area contributed by atoms with E-state index in [0.29, 0.717) is 5.75 Å².